The minimum atomic E-state index is -0.562. The lowest BCUT2D eigenvalue weighted by atomic mass is 10.1. The van der Waals surface area contributed by atoms with Crippen LogP contribution in [0.5, 0.6) is 0 Å². The van der Waals surface area contributed by atoms with E-state index in [1.54, 1.807) is 6.20 Å². The third-order valence-corrected chi connectivity index (χ3v) is 2.81. The fraction of sp³-hybridized carbons (Fsp3) is 0.636. The van der Waals surface area contributed by atoms with Crippen molar-refractivity contribution in [3.8, 4) is 0 Å². The molecule has 104 valence electrons. The number of rotatable bonds is 2. The minimum absolute atomic E-state index is 0.168. The molecule has 3 rings (SSSR count). The van der Waals surface area contributed by atoms with E-state index in [9.17, 15) is 0 Å². The van der Waals surface area contributed by atoms with Gasteiger partial charge in [0.1, 0.15) is 0 Å². The predicted molar refractivity (Wildman–Crippen MR) is 58.2 cm³/mol. The first kappa shape index (κ1) is 12.9. The third kappa shape index (κ3) is 2.73. The van der Waals surface area contributed by atoms with E-state index in [0.717, 1.165) is 11.1 Å². The van der Waals surface area contributed by atoms with Crippen molar-refractivity contribution in [2.24, 2.45) is 0 Å². The SMILES string of the molecule is Cc1nncc(C2OCOCO2)c1C1OCOCO1. The summed E-state index contributed by atoms with van der Waals surface area (Å²) >= 11 is 0. The van der Waals surface area contributed by atoms with Crippen LogP contribution < -0.4 is 0 Å². The summed E-state index contributed by atoms with van der Waals surface area (Å²) < 4.78 is 31.6. The molecule has 0 unspecified atom stereocenters. The van der Waals surface area contributed by atoms with Gasteiger partial charge in [-0.2, -0.15) is 10.2 Å². The first-order valence-electron chi connectivity index (χ1n) is 5.80. The van der Waals surface area contributed by atoms with Crippen molar-refractivity contribution in [1.29, 1.82) is 0 Å². The lowest BCUT2D eigenvalue weighted by molar-refractivity contribution is -0.313. The van der Waals surface area contributed by atoms with E-state index in [0.29, 0.717) is 5.69 Å². The topological polar surface area (TPSA) is 81.2 Å². The minimum Gasteiger partial charge on any atom is -0.329 e. The van der Waals surface area contributed by atoms with Crippen molar-refractivity contribution in [3.63, 3.8) is 0 Å². The van der Waals surface area contributed by atoms with Crippen LogP contribution in [-0.4, -0.2) is 37.4 Å². The molecule has 0 amide bonds. The van der Waals surface area contributed by atoms with Crippen LogP contribution in [-0.2, 0) is 28.4 Å². The van der Waals surface area contributed by atoms with Crippen molar-refractivity contribution in [3.05, 3.63) is 23.0 Å². The van der Waals surface area contributed by atoms with Gasteiger partial charge >= 0.3 is 0 Å². The lowest BCUT2D eigenvalue weighted by Crippen LogP contribution is -2.26. The van der Waals surface area contributed by atoms with Crippen molar-refractivity contribution in [2.45, 2.75) is 19.5 Å². The number of hydrogen-bond donors (Lipinski definition) is 0. The molecule has 0 radical (unpaired) electrons. The van der Waals surface area contributed by atoms with Crippen molar-refractivity contribution < 1.29 is 28.4 Å². The van der Waals surface area contributed by atoms with Gasteiger partial charge in [0.2, 0.25) is 0 Å². The highest BCUT2D eigenvalue weighted by atomic mass is 16.9. The van der Waals surface area contributed by atoms with Crippen LogP contribution in [0.25, 0.3) is 0 Å². The van der Waals surface area contributed by atoms with Crippen LogP contribution >= 0.6 is 0 Å². The van der Waals surface area contributed by atoms with Gasteiger partial charge in [-0.1, -0.05) is 0 Å². The Labute approximate surface area is 109 Å². The van der Waals surface area contributed by atoms with Crippen molar-refractivity contribution in [2.75, 3.05) is 27.2 Å². The molecular formula is C11H14N2O6. The maximum atomic E-state index is 5.42. The summed E-state index contributed by atoms with van der Waals surface area (Å²) in [5, 5.41) is 7.94. The largest absolute Gasteiger partial charge is 0.329 e. The number of aryl methyl sites for hydroxylation is 1. The molecule has 0 aromatic carbocycles. The smallest absolute Gasteiger partial charge is 0.191 e. The van der Waals surface area contributed by atoms with Crippen LogP contribution in [0.1, 0.15) is 29.4 Å². The van der Waals surface area contributed by atoms with Gasteiger partial charge in [0.15, 0.2) is 39.8 Å². The summed E-state index contributed by atoms with van der Waals surface area (Å²) in [7, 11) is 0. The molecule has 2 aliphatic heterocycles. The summed E-state index contributed by atoms with van der Waals surface area (Å²) in [5.74, 6) is 0. The molecule has 2 aliphatic rings. The summed E-state index contributed by atoms with van der Waals surface area (Å²) in [6.07, 6.45) is 0.461. The number of ether oxygens (including phenoxy) is 6. The Kier molecular flexibility index (Phi) is 3.97. The molecule has 8 heteroatoms. The summed E-state index contributed by atoms with van der Waals surface area (Å²) in [6, 6.07) is 0. The molecule has 0 aliphatic carbocycles. The van der Waals surface area contributed by atoms with E-state index in [1.807, 2.05) is 6.92 Å². The molecule has 0 atom stereocenters. The quantitative estimate of drug-likeness (QED) is 0.778. The highest BCUT2D eigenvalue weighted by Crippen LogP contribution is 2.33. The lowest BCUT2D eigenvalue weighted by Gasteiger charge is -2.29. The fourth-order valence-electron chi connectivity index (χ4n) is 1.95. The molecule has 0 bridgehead atoms. The Bertz CT molecular complexity index is 431. The summed E-state index contributed by atoms with van der Waals surface area (Å²) in [6.45, 7) is 2.50. The average Bonchev–Trinajstić information content (AvgIpc) is 2.49. The second-order valence-electron chi connectivity index (χ2n) is 4.01. The Balaban J connectivity index is 1.91. The molecule has 1 aromatic heterocycles. The zero-order valence-corrected chi connectivity index (χ0v) is 10.4. The first-order valence-corrected chi connectivity index (χ1v) is 5.80. The monoisotopic (exact) mass is 270 g/mol. The maximum Gasteiger partial charge on any atom is 0.191 e. The number of nitrogens with zero attached hydrogens (tertiary/aromatic N) is 2. The average molecular weight is 270 g/mol. The van der Waals surface area contributed by atoms with Crippen LogP contribution in [0.4, 0.5) is 0 Å². The Morgan fingerprint density at radius 2 is 1.53 bits per heavy atom. The van der Waals surface area contributed by atoms with Gasteiger partial charge in [-0.25, -0.2) is 0 Å². The Morgan fingerprint density at radius 1 is 0.947 bits per heavy atom. The first-order chi connectivity index (χ1) is 9.36. The number of aromatic nitrogens is 2. The molecule has 0 saturated carbocycles. The van der Waals surface area contributed by atoms with Crippen LogP contribution in [0.2, 0.25) is 0 Å². The van der Waals surface area contributed by atoms with Gasteiger partial charge in [-0.3, -0.25) is 0 Å². The highest BCUT2D eigenvalue weighted by molar-refractivity contribution is 5.29. The van der Waals surface area contributed by atoms with Gasteiger partial charge in [0.05, 0.1) is 11.9 Å². The van der Waals surface area contributed by atoms with Crippen molar-refractivity contribution >= 4 is 0 Å². The molecule has 0 spiro atoms. The standard InChI is InChI=1S/C11H14N2O6/c1-7-9(11-18-5-15-6-19-11)8(2-12-13-7)10-16-3-14-4-17-10/h2,10-11H,3-6H2,1H3. The maximum absolute atomic E-state index is 5.42. The zero-order valence-electron chi connectivity index (χ0n) is 10.4. The number of hydrogen-bond acceptors (Lipinski definition) is 8. The molecule has 2 fully saturated rings. The second-order valence-corrected chi connectivity index (χ2v) is 4.01. The molecule has 0 N–H and O–H groups in total. The predicted octanol–water partition coefficient (Wildman–Crippen LogP) is 0.739. The van der Waals surface area contributed by atoms with Gasteiger partial charge < -0.3 is 28.4 Å². The van der Waals surface area contributed by atoms with Crippen LogP contribution in [0.3, 0.4) is 0 Å². The van der Waals surface area contributed by atoms with E-state index in [2.05, 4.69) is 10.2 Å². The molecule has 1 aromatic rings. The Hall–Kier alpha value is -1.16. The van der Waals surface area contributed by atoms with Crippen LogP contribution in [0.15, 0.2) is 6.20 Å². The zero-order chi connectivity index (χ0) is 13.1. The summed E-state index contributed by atoms with van der Waals surface area (Å²) in [5.41, 5.74) is 2.18. The fourth-order valence-corrected chi connectivity index (χ4v) is 1.95. The van der Waals surface area contributed by atoms with Crippen LogP contribution in [0, 0.1) is 6.92 Å². The van der Waals surface area contributed by atoms with E-state index >= 15 is 0 Å². The highest BCUT2D eigenvalue weighted by Gasteiger charge is 2.29. The van der Waals surface area contributed by atoms with E-state index in [1.165, 1.54) is 0 Å². The van der Waals surface area contributed by atoms with Gasteiger partial charge in [-0.05, 0) is 6.92 Å². The van der Waals surface area contributed by atoms with Gasteiger partial charge in [0, 0.05) is 11.1 Å². The van der Waals surface area contributed by atoms with E-state index in [4.69, 9.17) is 28.4 Å². The molecular weight excluding hydrogens is 256 g/mol. The molecule has 8 nitrogen and oxygen atoms in total. The molecule has 2 saturated heterocycles. The normalized spacial score (nSPS) is 22.6. The molecule has 19 heavy (non-hydrogen) atoms. The summed E-state index contributed by atoms with van der Waals surface area (Å²) in [4.78, 5) is 0. The van der Waals surface area contributed by atoms with Crippen molar-refractivity contribution in [1.82, 2.24) is 10.2 Å². The van der Waals surface area contributed by atoms with Gasteiger partial charge in [0.25, 0.3) is 0 Å². The van der Waals surface area contributed by atoms with Gasteiger partial charge in [-0.15, -0.1) is 0 Å². The Morgan fingerprint density at radius 3 is 2.16 bits per heavy atom. The second kappa shape index (κ2) is 5.87. The van der Waals surface area contributed by atoms with E-state index < -0.39 is 12.6 Å². The molecule has 3 heterocycles. The van der Waals surface area contributed by atoms with E-state index in [-0.39, 0.29) is 27.2 Å². The third-order valence-electron chi connectivity index (χ3n) is 2.81.